The van der Waals surface area contributed by atoms with Crippen LogP contribution in [0.5, 0.6) is 11.5 Å². The number of thioether (sulfide) groups is 1. The molecule has 7 nitrogen and oxygen atoms in total. The lowest BCUT2D eigenvalue weighted by atomic mass is 10.1. The molecule has 25 heavy (non-hydrogen) atoms. The first-order valence-electron chi connectivity index (χ1n) is 7.64. The van der Waals surface area contributed by atoms with E-state index >= 15 is 0 Å². The van der Waals surface area contributed by atoms with Gasteiger partial charge in [0, 0.05) is 20.6 Å². The van der Waals surface area contributed by atoms with Gasteiger partial charge in [0.1, 0.15) is 0 Å². The topological polar surface area (TPSA) is 76.6 Å². The van der Waals surface area contributed by atoms with Crippen LogP contribution in [0.2, 0.25) is 0 Å². The quantitative estimate of drug-likeness (QED) is 0.667. The molecule has 0 unspecified atom stereocenters. The highest BCUT2D eigenvalue weighted by molar-refractivity contribution is 8.01. The summed E-state index contributed by atoms with van der Waals surface area (Å²) in [7, 11) is 6.73. The fraction of sp³-hybridized carbons (Fsp3) is 0.438. The molecule has 1 heterocycles. The Balaban J connectivity index is 1.81. The standard InChI is InChI=1S/C16H22N4O3S2/c1-20(2)14(21)10-24-16-19-18-15(25-16)17-8-7-11-5-6-12(22-3)13(9-11)23-4/h5-6,9H,7-8,10H2,1-4H3,(H,17,18). The molecule has 0 saturated carbocycles. The summed E-state index contributed by atoms with van der Waals surface area (Å²) in [5.74, 6) is 1.87. The second-order valence-corrected chi connectivity index (χ2v) is 7.52. The number of ether oxygens (including phenoxy) is 2. The second-order valence-electron chi connectivity index (χ2n) is 5.32. The Morgan fingerprint density at radius 1 is 1.24 bits per heavy atom. The third-order valence-electron chi connectivity index (χ3n) is 3.36. The van der Waals surface area contributed by atoms with E-state index in [0.29, 0.717) is 5.75 Å². The third kappa shape index (κ3) is 5.79. The number of nitrogens with zero attached hydrogens (tertiary/aromatic N) is 3. The van der Waals surface area contributed by atoms with E-state index in [4.69, 9.17) is 9.47 Å². The summed E-state index contributed by atoms with van der Waals surface area (Å²) in [6.45, 7) is 0.728. The molecular weight excluding hydrogens is 360 g/mol. The number of anilines is 1. The molecule has 0 atom stereocenters. The molecule has 0 bridgehead atoms. The van der Waals surface area contributed by atoms with Crippen LogP contribution in [0.3, 0.4) is 0 Å². The van der Waals surface area contributed by atoms with Crippen molar-refractivity contribution < 1.29 is 14.3 Å². The van der Waals surface area contributed by atoms with Crippen LogP contribution in [0, 0.1) is 0 Å². The highest BCUT2D eigenvalue weighted by Gasteiger charge is 2.09. The van der Waals surface area contributed by atoms with Gasteiger partial charge in [-0.3, -0.25) is 4.79 Å². The SMILES string of the molecule is COc1ccc(CCNc2nnc(SCC(=O)N(C)C)s2)cc1OC. The van der Waals surface area contributed by atoms with E-state index in [-0.39, 0.29) is 5.91 Å². The van der Waals surface area contributed by atoms with Gasteiger partial charge in [0.25, 0.3) is 0 Å². The summed E-state index contributed by atoms with van der Waals surface area (Å²) < 4.78 is 11.3. The number of hydrogen-bond acceptors (Lipinski definition) is 8. The molecule has 1 aromatic carbocycles. The van der Waals surface area contributed by atoms with Crippen molar-refractivity contribution in [2.45, 2.75) is 10.8 Å². The molecule has 0 aliphatic carbocycles. The van der Waals surface area contributed by atoms with E-state index in [2.05, 4.69) is 15.5 Å². The second kappa shape index (κ2) is 9.47. The third-order valence-corrected chi connectivity index (χ3v) is 5.36. The van der Waals surface area contributed by atoms with Crippen molar-refractivity contribution in [3.05, 3.63) is 23.8 Å². The van der Waals surface area contributed by atoms with Crippen LogP contribution < -0.4 is 14.8 Å². The Labute approximate surface area is 155 Å². The van der Waals surface area contributed by atoms with E-state index in [1.54, 1.807) is 33.2 Å². The zero-order valence-corrected chi connectivity index (χ0v) is 16.4. The number of amides is 1. The predicted octanol–water partition coefficient (Wildman–Crippen LogP) is 2.39. The molecule has 2 rings (SSSR count). The normalized spacial score (nSPS) is 10.4. The molecule has 0 radical (unpaired) electrons. The lowest BCUT2D eigenvalue weighted by Gasteiger charge is -2.09. The minimum Gasteiger partial charge on any atom is -0.493 e. The smallest absolute Gasteiger partial charge is 0.232 e. The highest BCUT2D eigenvalue weighted by Crippen LogP contribution is 2.28. The first kappa shape index (κ1) is 19.3. The lowest BCUT2D eigenvalue weighted by molar-refractivity contribution is -0.125. The molecule has 1 amide bonds. The molecule has 0 saturated heterocycles. The van der Waals surface area contributed by atoms with Crippen LogP contribution in [0.1, 0.15) is 5.56 Å². The molecule has 2 aromatic rings. The Hall–Kier alpha value is -2.00. The molecule has 0 spiro atoms. The number of hydrogen-bond donors (Lipinski definition) is 1. The van der Waals surface area contributed by atoms with E-state index in [9.17, 15) is 4.79 Å². The maximum absolute atomic E-state index is 11.6. The first-order chi connectivity index (χ1) is 12.0. The average molecular weight is 383 g/mol. The molecule has 1 aromatic heterocycles. The predicted molar refractivity (Wildman–Crippen MR) is 101 cm³/mol. The summed E-state index contributed by atoms with van der Waals surface area (Å²) in [5.41, 5.74) is 1.14. The Morgan fingerprint density at radius 2 is 2.00 bits per heavy atom. The van der Waals surface area contributed by atoms with Crippen molar-refractivity contribution in [2.24, 2.45) is 0 Å². The Kier molecular flexibility index (Phi) is 7.32. The van der Waals surface area contributed by atoms with Gasteiger partial charge in [-0.2, -0.15) is 0 Å². The molecule has 0 aliphatic heterocycles. The number of carbonyl (C=O) groups excluding carboxylic acids is 1. The van der Waals surface area contributed by atoms with E-state index in [1.807, 2.05) is 18.2 Å². The molecular formula is C16H22N4O3S2. The fourth-order valence-corrected chi connectivity index (χ4v) is 3.70. The zero-order chi connectivity index (χ0) is 18.2. The summed E-state index contributed by atoms with van der Waals surface area (Å²) in [4.78, 5) is 13.1. The van der Waals surface area contributed by atoms with Crippen molar-refractivity contribution in [3.8, 4) is 11.5 Å². The summed E-state index contributed by atoms with van der Waals surface area (Å²) in [5, 5.41) is 12.2. The maximum Gasteiger partial charge on any atom is 0.232 e. The Bertz CT molecular complexity index is 706. The van der Waals surface area contributed by atoms with Gasteiger partial charge in [-0.05, 0) is 24.1 Å². The van der Waals surface area contributed by atoms with Crippen molar-refractivity contribution in [1.82, 2.24) is 15.1 Å². The number of benzene rings is 1. The van der Waals surface area contributed by atoms with Gasteiger partial charge in [0.15, 0.2) is 15.8 Å². The van der Waals surface area contributed by atoms with Crippen molar-refractivity contribution >= 4 is 34.1 Å². The number of rotatable bonds is 9. The van der Waals surface area contributed by atoms with Crippen molar-refractivity contribution in [2.75, 3.05) is 45.9 Å². The maximum atomic E-state index is 11.6. The number of aromatic nitrogens is 2. The monoisotopic (exact) mass is 382 g/mol. The van der Waals surface area contributed by atoms with Gasteiger partial charge in [-0.25, -0.2) is 0 Å². The van der Waals surface area contributed by atoms with Gasteiger partial charge in [0.05, 0.1) is 20.0 Å². The number of methoxy groups -OCH3 is 2. The van der Waals surface area contributed by atoms with Crippen LogP contribution in [0.4, 0.5) is 5.13 Å². The van der Waals surface area contributed by atoms with E-state index in [0.717, 1.165) is 39.5 Å². The van der Waals surface area contributed by atoms with Gasteiger partial charge in [-0.15, -0.1) is 10.2 Å². The largest absolute Gasteiger partial charge is 0.493 e. The van der Waals surface area contributed by atoms with Crippen LogP contribution in [0.25, 0.3) is 0 Å². The molecule has 0 fully saturated rings. The summed E-state index contributed by atoms with van der Waals surface area (Å²) in [6.07, 6.45) is 0.821. The van der Waals surface area contributed by atoms with Gasteiger partial charge >= 0.3 is 0 Å². The van der Waals surface area contributed by atoms with Crippen molar-refractivity contribution in [3.63, 3.8) is 0 Å². The van der Waals surface area contributed by atoms with Gasteiger partial charge in [0.2, 0.25) is 11.0 Å². The van der Waals surface area contributed by atoms with Crippen LogP contribution in [-0.4, -0.2) is 61.6 Å². The number of nitrogens with one attached hydrogen (secondary N) is 1. The Morgan fingerprint density at radius 3 is 2.68 bits per heavy atom. The van der Waals surface area contributed by atoms with Gasteiger partial charge in [-0.1, -0.05) is 29.2 Å². The lowest BCUT2D eigenvalue weighted by Crippen LogP contribution is -2.23. The van der Waals surface area contributed by atoms with E-state index < -0.39 is 0 Å². The molecule has 1 N–H and O–H groups in total. The fourth-order valence-electron chi connectivity index (χ4n) is 1.94. The average Bonchev–Trinajstić information content (AvgIpc) is 3.07. The first-order valence-corrected chi connectivity index (χ1v) is 9.45. The van der Waals surface area contributed by atoms with Crippen LogP contribution in [-0.2, 0) is 11.2 Å². The minimum absolute atomic E-state index is 0.0585. The highest BCUT2D eigenvalue weighted by atomic mass is 32.2. The van der Waals surface area contributed by atoms with Crippen LogP contribution in [0.15, 0.2) is 22.5 Å². The molecule has 136 valence electrons. The number of carbonyl (C=O) groups is 1. The van der Waals surface area contributed by atoms with Crippen LogP contribution >= 0.6 is 23.1 Å². The van der Waals surface area contributed by atoms with Gasteiger partial charge < -0.3 is 19.7 Å². The minimum atomic E-state index is 0.0585. The summed E-state index contributed by atoms with van der Waals surface area (Å²) in [6, 6.07) is 5.88. The van der Waals surface area contributed by atoms with Crippen molar-refractivity contribution in [1.29, 1.82) is 0 Å². The zero-order valence-electron chi connectivity index (χ0n) is 14.7. The van der Waals surface area contributed by atoms with E-state index in [1.165, 1.54) is 23.1 Å². The molecule has 0 aliphatic rings. The summed E-state index contributed by atoms with van der Waals surface area (Å²) >= 11 is 2.85. The molecule has 9 heteroatoms.